The molecule has 0 aromatic heterocycles. The molecule has 1 rings (SSSR count). The topological polar surface area (TPSA) is 67.4 Å². The van der Waals surface area contributed by atoms with Crippen molar-refractivity contribution in [1.29, 1.82) is 0 Å². The van der Waals surface area contributed by atoms with Crippen LogP contribution in [0.2, 0.25) is 5.02 Å². The average molecular weight is 299 g/mol. The molecule has 5 nitrogen and oxygen atoms in total. The Kier molecular flexibility index (Phi) is 7.69. The Morgan fingerprint density at radius 1 is 1.20 bits per heavy atom. The summed E-state index contributed by atoms with van der Waals surface area (Å²) in [6, 6.07) is 6.77. The molecule has 0 radical (unpaired) electrons. The molecule has 110 valence electrons. The number of amides is 2. The van der Waals surface area contributed by atoms with Gasteiger partial charge in [0.25, 0.3) is 0 Å². The second-order valence-corrected chi connectivity index (χ2v) is 4.57. The molecule has 2 amide bonds. The summed E-state index contributed by atoms with van der Waals surface area (Å²) in [6.07, 6.45) is 1.01. The van der Waals surface area contributed by atoms with Crippen LogP contribution in [0.3, 0.4) is 0 Å². The summed E-state index contributed by atoms with van der Waals surface area (Å²) >= 11 is 5.74. The fraction of sp³-hybridized carbons (Fsp3) is 0.429. The van der Waals surface area contributed by atoms with Crippen molar-refractivity contribution in [3.8, 4) is 0 Å². The van der Waals surface area contributed by atoms with Crippen molar-refractivity contribution in [3.05, 3.63) is 29.3 Å². The number of hydrogen-bond donors (Lipinski definition) is 2. The minimum atomic E-state index is -0.273. The fourth-order valence-corrected chi connectivity index (χ4v) is 1.61. The first-order valence-corrected chi connectivity index (χ1v) is 6.89. The van der Waals surface area contributed by atoms with Gasteiger partial charge in [0.2, 0.25) is 11.8 Å². The van der Waals surface area contributed by atoms with Crippen molar-refractivity contribution in [3.63, 3.8) is 0 Å². The van der Waals surface area contributed by atoms with Gasteiger partial charge in [-0.3, -0.25) is 9.59 Å². The Bertz CT molecular complexity index is 435. The van der Waals surface area contributed by atoms with Crippen LogP contribution in [0.1, 0.15) is 19.8 Å². The number of nitrogens with one attached hydrogen (secondary N) is 2. The number of halogens is 1. The Hall–Kier alpha value is -1.59. The summed E-state index contributed by atoms with van der Waals surface area (Å²) in [6.45, 7) is 3.06. The van der Waals surface area contributed by atoms with Crippen LogP contribution < -0.4 is 10.6 Å². The molecule has 0 aliphatic rings. The molecule has 0 spiro atoms. The highest BCUT2D eigenvalue weighted by atomic mass is 35.5. The molecular weight excluding hydrogens is 280 g/mol. The lowest BCUT2D eigenvalue weighted by atomic mass is 10.3. The van der Waals surface area contributed by atoms with Crippen LogP contribution in [0.5, 0.6) is 0 Å². The molecule has 0 aliphatic carbocycles. The quantitative estimate of drug-likeness (QED) is 0.723. The van der Waals surface area contributed by atoms with E-state index in [4.69, 9.17) is 16.3 Å². The summed E-state index contributed by atoms with van der Waals surface area (Å²) in [5.74, 6) is -0.429. The maximum absolute atomic E-state index is 11.6. The molecule has 0 heterocycles. The molecule has 0 saturated carbocycles. The normalized spacial score (nSPS) is 10.1. The van der Waals surface area contributed by atoms with Gasteiger partial charge in [-0.25, -0.2) is 0 Å². The van der Waals surface area contributed by atoms with E-state index >= 15 is 0 Å². The summed E-state index contributed by atoms with van der Waals surface area (Å²) < 4.78 is 5.13. The molecule has 6 heteroatoms. The second-order valence-electron chi connectivity index (χ2n) is 4.13. The highest BCUT2D eigenvalue weighted by Gasteiger charge is 2.05. The van der Waals surface area contributed by atoms with Gasteiger partial charge in [0, 0.05) is 30.3 Å². The van der Waals surface area contributed by atoms with Crippen LogP contribution in [0.15, 0.2) is 24.3 Å². The predicted octanol–water partition coefficient (Wildman–Crippen LogP) is 2.21. The standard InChI is InChI=1S/C14H19ClN2O3/c1-2-20-9-3-4-13(18)16-10-14(19)17-12-7-5-11(15)6-8-12/h5-8H,2-4,9-10H2,1H3,(H,16,18)(H,17,19). The fourth-order valence-electron chi connectivity index (χ4n) is 1.48. The van der Waals surface area contributed by atoms with E-state index in [-0.39, 0.29) is 18.4 Å². The van der Waals surface area contributed by atoms with E-state index in [1.165, 1.54) is 0 Å². The summed E-state index contributed by atoms with van der Waals surface area (Å²) in [5.41, 5.74) is 0.644. The van der Waals surface area contributed by atoms with E-state index in [0.717, 1.165) is 0 Å². The van der Waals surface area contributed by atoms with Crippen molar-refractivity contribution >= 4 is 29.1 Å². The Morgan fingerprint density at radius 2 is 1.90 bits per heavy atom. The van der Waals surface area contributed by atoms with Gasteiger partial charge in [0.1, 0.15) is 0 Å². The van der Waals surface area contributed by atoms with E-state index in [9.17, 15) is 9.59 Å². The van der Waals surface area contributed by atoms with Crippen LogP contribution in [0, 0.1) is 0 Å². The highest BCUT2D eigenvalue weighted by Crippen LogP contribution is 2.12. The Morgan fingerprint density at radius 3 is 2.55 bits per heavy atom. The van der Waals surface area contributed by atoms with Crippen LogP contribution in [0.25, 0.3) is 0 Å². The van der Waals surface area contributed by atoms with Crippen molar-refractivity contribution in [2.45, 2.75) is 19.8 Å². The van der Waals surface area contributed by atoms with Crippen molar-refractivity contribution < 1.29 is 14.3 Å². The molecule has 1 aromatic rings. The molecule has 0 saturated heterocycles. The molecule has 20 heavy (non-hydrogen) atoms. The minimum absolute atomic E-state index is 0.0455. The number of carbonyl (C=O) groups is 2. The van der Waals surface area contributed by atoms with Crippen molar-refractivity contribution in [2.24, 2.45) is 0 Å². The van der Waals surface area contributed by atoms with E-state index in [0.29, 0.717) is 36.8 Å². The van der Waals surface area contributed by atoms with Crippen LogP contribution in [0.4, 0.5) is 5.69 Å². The molecule has 0 aliphatic heterocycles. The first-order chi connectivity index (χ1) is 9.61. The molecule has 0 fully saturated rings. The lowest BCUT2D eigenvalue weighted by Gasteiger charge is -2.07. The highest BCUT2D eigenvalue weighted by molar-refractivity contribution is 6.30. The van der Waals surface area contributed by atoms with Gasteiger partial charge in [0.15, 0.2) is 0 Å². The lowest BCUT2D eigenvalue weighted by Crippen LogP contribution is -2.32. The third-order valence-corrected chi connectivity index (χ3v) is 2.72. The van der Waals surface area contributed by atoms with Crippen LogP contribution in [-0.2, 0) is 14.3 Å². The number of hydrogen-bond acceptors (Lipinski definition) is 3. The number of benzene rings is 1. The monoisotopic (exact) mass is 298 g/mol. The summed E-state index contributed by atoms with van der Waals surface area (Å²) in [4.78, 5) is 23.0. The number of ether oxygens (including phenoxy) is 1. The van der Waals surface area contributed by atoms with Gasteiger partial charge >= 0.3 is 0 Å². The first kappa shape index (κ1) is 16.5. The Balaban J connectivity index is 2.19. The van der Waals surface area contributed by atoms with Gasteiger partial charge < -0.3 is 15.4 Å². The van der Waals surface area contributed by atoms with E-state index in [1.807, 2.05) is 6.92 Å². The predicted molar refractivity (Wildman–Crippen MR) is 78.8 cm³/mol. The lowest BCUT2D eigenvalue weighted by molar-refractivity contribution is -0.124. The smallest absolute Gasteiger partial charge is 0.243 e. The molecule has 0 unspecified atom stereocenters. The van der Waals surface area contributed by atoms with Gasteiger partial charge in [-0.05, 0) is 37.6 Å². The average Bonchev–Trinajstić information content (AvgIpc) is 2.44. The summed E-state index contributed by atoms with van der Waals surface area (Å²) in [5, 5.41) is 5.82. The Labute approximate surface area is 123 Å². The number of carbonyl (C=O) groups excluding carboxylic acids is 2. The third kappa shape index (κ3) is 7.11. The van der Waals surface area contributed by atoms with E-state index in [2.05, 4.69) is 10.6 Å². The molecule has 2 N–H and O–H groups in total. The largest absolute Gasteiger partial charge is 0.382 e. The van der Waals surface area contributed by atoms with Gasteiger partial charge in [0.05, 0.1) is 6.54 Å². The zero-order valence-corrected chi connectivity index (χ0v) is 12.2. The van der Waals surface area contributed by atoms with Crippen LogP contribution in [-0.4, -0.2) is 31.6 Å². The SMILES string of the molecule is CCOCCCC(=O)NCC(=O)Nc1ccc(Cl)cc1. The third-order valence-electron chi connectivity index (χ3n) is 2.47. The van der Waals surface area contributed by atoms with Gasteiger partial charge in [-0.2, -0.15) is 0 Å². The van der Waals surface area contributed by atoms with E-state index in [1.54, 1.807) is 24.3 Å². The molecular formula is C14H19ClN2O3. The molecule has 0 atom stereocenters. The number of rotatable bonds is 8. The van der Waals surface area contributed by atoms with Crippen LogP contribution >= 0.6 is 11.6 Å². The van der Waals surface area contributed by atoms with Crippen molar-refractivity contribution in [1.82, 2.24) is 5.32 Å². The maximum Gasteiger partial charge on any atom is 0.243 e. The molecule has 0 bridgehead atoms. The zero-order chi connectivity index (χ0) is 14.8. The number of anilines is 1. The van der Waals surface area contributed by atoms with Gasteiger partial charge in [-0.1, -0.05) is 11.6 Å². The zero-order valence-electron chi connectivity index (χ0n) is 11.4. The molecule has 1 aromatic carbocycles. The second kappa shape index (κ2) is 9.34. The van der Waals surface area contributed by atoms with Crippen molar-refractivity contribution in [2.75, 3.05) is 25.1 Å². The minimum Gasteiger partial charge on any atom is -0.382 e. The van der Waals surface area contributed by atoms with Gasteiger partial charge in [-0.15, -0.1) is 0 Å². The van der Waals surface area contributed by atoms with E-state index < -0.39 is 0 Å². The maximum atomic E-state index is 11.6. The first-order valence-electron chi connectivity index (χ1n) is 6.51. The summed E-state index contributed by atoms with van der Waals surface area (Å²) in [7, 11) is 0.